The quantitative estimate of drug-likeness (QED) is 0.0804. The number of aromatic nitrogens is 1. The van der Waals surface area contributed by atoms with Crippen LogP contribution in [0.2, 0.25) is 0 Å². The number of para-hydroxylation sites is 1. The lowest BCUT2D eigenvalue weighted by atomic mass is 9.98. The number of rotatable bonds is 15. The number of esters is 1. The molecule has 1 aliphatic rings. The molecule has 12 nitrogen and oxygen atoms in total. The maximum absolute atomic E-state index is 14.2. The highest BCUT2D eigenvalue weighted by molar-refractivity contribution is 5.94. The van der Waals surface area contributed by atoms with E-state index in [0.717, 1.165) is 44.3 Å². The topological polar surface area (TPSA) is 176 Å². The number of ether oxygens (including phenoxy) is 2. The minimum absolute atomic E-state index is 0.0123. The summed E-state index contributed by atoms with van der Waals surface area (Å²) in [4.78, 5) is 69.8. The molecule has 1 heterocycles. The number of aromatic amines is 1. The molecule has 5 N–H and O–H groups in total. The summed E-state index contributed by atoms with van der Waals surface area (Å²) >= 11 is 0. The molecule has 0 aliphatic heterocycles. The van der Waals surface area contributed by atoms with Crippen molar-refractivity contribution in [2.45, 2.75) is 76.1 Å². The number of nitrogens with one attached hydrogen (secondary N) is 4. The monoisotopic (exact) mass is 758 g/mol. The van der Waals surface area contributed by atoms with Crippen molar-refractivity contribution in [2.24, 2.45) is 0 Å². The van der Waals surface area contributed by atoms with Crippen molar-refractivity contribution in [1.82, 2.24) is 20.9 Å². The molecular weight excluding hydrogens is 713 g/mol. The van der Waals surface area contributed by atoms with Gasteiger partial charge in [-0.2, -0.15) is 0 Å². The fourth-order valence-corrected chi connectivity index (χ4v) is 7.01. The van der Waals surface area contributed by atoms with Crippen LogP contribution in [-0.4, -0.2) is 70.3 Å². The van der Waals surface area contributed by atoms with Crippen LogP contribution in [0.5, 0.6) is 0 Å². The molecule has 0 saturated heterocycles. The number of fused-ring (bicyclic) bond motifs is 4. The molecule has 56 heavy (non-hydrogen) atoms. The van der Waals surface area contributed by atoms with Crippen LogP contribution in [0.15, 0.2) is 109 Å². The minimum Gasteiger partial charge on any atom is -0.481 e. The Balaban J connectivity index is 1.22. The van der Waals surface area contributed by atoms with Gasteiger partial charge in [-0.25, -0.2) is 9.59 Å². The first-order valence-electron chi connectivity index (χ1n) is 18.6. The van der Waals surface area contributed by atoms with Gasteiger partial charge in [0.05, 0.1) is 0 Å². The largest absolute Gasteiger partial charge is 0.481 e. The molecule has 3 amide bonds. The van der Waals surface area contributed by atoms with Gasteiger partial charge in [0.25, 0.3) is 0 Å². The number of carboxylic acid groups (broad SMARTS) is 1. The molecule has 5 aromatic rings. The number of benzene rings is 4. The van der Waals surface area contributed by atoms with Gasteiger partial charge in [-0.15, -0.1) is 0 Å². The Labute approximate surface area is 325 Å². The van der Waals surface area contributed by atoms with E-state index < -0.39 is 60.0 Å². The molecule has 0 unspecified atom stereocenters. The summed E-state index contributed by atoms with van der Waals surface area (Å²) in [5.74, 6) is -3.61. The zero-order chi connectivity index (χ0) is 39.8. The summed E-state index contributed by atoms with van der Waals surface area (Å²) in [6, 6.07) is 28.6. The summed E-state index contributed by atoms with van der Waals surface area (Å²) in [5.41, 5.74) is 5.63. The van der Waals surface area contributed by atoms with Crippen molar-refractivity contribution in [3.8, 4) is 11.1 Å². The normalized spacial score (nSPS) is 13.8. The molecular formula is C44H46N4O8. The average molecular weight is 759 g/mol. The predicted octanol–water partition coefficient (Wildman–Crippen LogP) is 6.04. The fraction of sp³-hybridized carbons (Fsp3) is 0.295. The van der Waals surface area contributed by atoms with Crippen LogP contribution in [0.3, 0.4) is 0 Å². The summed E-state index contributed by atoms with van der Waals surface area (Å²) in [7, 11) is 0. The SMILES string of the molecule is CC(C)(C)OC(=O)[C@H](Cc1ccccc1)NC(=O)[C@H](CCC(=O)O)NC(=O)[C@H](Cc1c[nH]c2ccccc12)NC(=O)OCC1c2ccccc2-c2ccccc21. The number of hydrogen-bond acceptors (Lipinski definition) is 7. The van der Waals surface area contributed by atoms with Crippen LogP contribution in [0, 0.1) is 0 Å². The number of carboxylic acids is 1. The number of carbonyl (C=O) groups excluding carboxylic acids is 4. The zero-order valence-corrected chi connectivity index (χ0v) is 31.5. The van der Waals surface area contributed by atoms with E-state index in [1.54, 1.807) is 51.2 Å². The maximum atomic E-state index is 14.2. The van der Waals surface area contributed by atoms with E-state index in [0.29, 0.717) is 0 Å². The van der Waals surface area contributed by atoms with Gasteiger partial charge in [0, 0.05) is 42.3 Å². The Kier molecular flexibility index (Phi) is 12.2. The van der Waals surface area contributed by atoms with Crippen LogP contribution >= 0.6 is 0 Å². The molecule has 6 rings (SSSR count). The van der Waals surface area contributed by atoms with Crippen LogP contribution in [-0.2, 0) is 41.5 Å². The second-order valence-electron chi connectivity index (χ2n) is 14.9. The highest BCUT2D eigenvalue weighted by Crippen LogP contribution is 2.44. The Morgan fingerprint density at radius 3 is 1.96 bits per heavy atom. The first-order valence-corrected chi connectivity index (χ1v) is 18.6. The first kappa shape index (κ1) is 39.3. The van der Waals surface area contributed by atoms with Crippen molar-refractivity contribution in [3.63, 3.8) is 0 Å². The van der Waals surface area contributed by atoms with E-state index in [2.05, 4.69) is 20.9 Å². The molecule has 0 radical (unpaired) electrons. The molecule has 290 valence electrons. The van der Waals surface area contributed by atoms with Gasteiger partial charge >= 0.3 is 18.0 Å². The maximum Gasteiger partial charge on any atom is 0.407 e. The van der Waals surface area contributed by atoms with Gasteiger partial charge in [0.2, 0.25) is 11.8 Å². The van der Waals surface area contributed by atoms with E-state index >= 15 is 0 Å². The number of alkyl carbamates (subject to hydrolysis) is 1. The van der Waals surface area contributed by atoms with E-state index in [9.17, 15) is 29.1 Å². The molecule has 1 aromatic heterocycles. The fourth-order valence-electron chi connectivity index (χ4n) is 7.01. The van der Waals surface area contributed by atoms with E-state index in [4.69, 9.17) is 9.47 Å². The first-order chi connectivity index (χ1) is 26.9. The van der Waals surface area contributed by atoms with Crippen molar-refractivity contribution >= 4 is 40.7 Å². The van der Waals surface area contributed by atoms with Crippen LogP contribution < -0.4 is 16.0 Å². The lowest BCUT2D eigenvalue weighted by Gasteiger charge is -2.27. The summed E-state index contributed by atoms with van der Waals surface area (Å²) in [6.45, 7) is 5.14. The molecule has 12 heteroatoms. The molecule has 0 spiro atoms. The predicted molar refractivity (Wildman–Crippen MR) is 211 cm³/mol. The van der Waals surface area contributed by atoms with E-state index in [1.807, 2.05) is 78.9 Å². The van der Waals surface area contributed by atoms with E-state index in [-0.39, 0.29) is 31.8 Å². The average Bonchev–Trinajstić information content (AvgIpc) is 3.73. The molecule has 0 fully saturated rings. The van der Waals surface area contributed by atoms with Crippen molar-refractivity contribution in [3.05, 3.63) is 132 Å². The highest BCUT2D eigenvalue weighted by Gasteiger charge is 2.34. The van der Waals surface area contributed by atoms with Gasteiger partial charge < -0.3 is 35.5 Å². The second kappa shape index (κ2) is 17.4. The van der Waals surface area contributed by atoms with Crippen molar-refractivity contribution < 1.29 is 38.6 Å². The molecule has 0 bridgehead atoms. The highest BCUT2D eigenvalue weighted by atomic mass is 16.6. The Hall–Kier alpha value is -6.43. The number of carbonyl (C=O) groups is 5. The number of amides is 3. The molecule has 0 saturated carbocycles. The standard InChI is InChI=1S/C44H46N4O8/c1-44(2,3)56-42(53)38(23-27-13-5-4-6-14-27)47-40(51)36(21-22-39(49)50)46-41(52)37(24-28-25-45-35-20-12-11-15-29(28)35)48-43(54)55-26-34-32-18-9-7-16-30(32)31-17-8-10-19-33(31)34/h4-20,25,34,36-38,45H,21-24,26H2,1-3H3,(H,46,52)(H,47,51)(H,48,54)(H,49,50)/t36-,37-,38-/m0/s1. The Morgan fingerprint density at radius 2 is 1.30 bits per heavy atom. The third-order valence-corrected chi connectivity index (χ3v) is 9.62. The van der Waals surface area contributed by atoms with Crippen LogP contribution in [0.1, 0.15) is 61.8 Å². The van der Waals surface area contributed by atoms with Crippen LogP contribution in [0.4, 0.5) is 4.79 Å². The number of aliphatic carboxylic acids is 1. The Morgan fingerprint density at radius 1 is 0.714 bits per heavy atom. The Bertz CT molecular complexity index is 2160. The van der Waals surface area contributed by atoms with Gasteiger partial charge in [-0.05, 0) is 66.6 Å². The van der Waals surface area contributed by atoms with Gasteiger partial charge in [-0.3, -0.25) is 14.4 Å². The second-order valence-corrected chi connectivity index (χ2v) is 14.9. The van der Waals surface area contributed by atoms with Crippen molar-refractivity contribution in [2.75, 3.05) is 6.61 Å². The minimum atomic E-state index is -1.38. The summed E-state index contributed by atoms with van der Waals surface area (Å²) in [6.07, 6.45) is 0.264. The molecule has 1 aliphatic carbocycles. The van der Waals surface area contributed by atoms with Gasteiger partial charge in [0.15, 0.2) is 0 Å². The van der Waals surface area contributed by atoms with Gasteiger partial charge in [0.1, 0.15) is 30.3 Å². The smallest absolute Gasteiger partial charge is 0.407 e. The summed E-state index contributed by atoms with van der Waals surface area (Å²) in [5, 5.41) is 18.5. The lowest BCUT2D eigenvalue weighted by Crippen LogP contribution is -2.57. The van der Waals surface area contributed by atoms with Gasteiger partial charge in [-0.1, -0.05) is 97.1 Å². The molecule has 4 aromatic carbocycles. The zero-order valence-electron chi connectivity index (χ0n) is 31.5. The third-order valence-electron chi connectivity index (χ3n) is 9.62. The number of hydrogen-bond donors (Lipinski definition) is 5. The molecule has 3 atom stereocenters. The van der Waals surface area contributed by atoms with Crippen LogP contribution in [0.25, 0.3) is 22.0 Å². The lowest BCUT2D eigenvalue weighted by molar-refractivity contribution is -0.158. The van der Waals surface area contributed by atoms with E-state index in [1.165, 1.54) is 0 Å². The van der Waals surface area contributed by atoms with Crippen molar-refractivity contribution in [1.29, 1.82) is 0 Å². The summed E-state index contributed by atoms with van der Waals surface area (Å²) < 4.78 is 11.4. The third kappa shape index (κ3) is 9.81. The number of H-pyrrole nitrogens is 1.